The van der Waals surface area contributed by atoms with Crippen LogP contribution in [0.1, 0.15) is 17.5 Å². The van der Waals surface area contributed by atoms with Gasteiger partial charge in [0.2, 0.25) is 0 Å². The van der Waals surface area contributed by atoms with Crippen molar-refractivity contribution in [3.05, 3.63) is 33.3 Å². The van der Waals surface area contributed by atoms with Crippen LogP contribution in [0.5, 0.6) is 0 Å². The minimum atomic E-state index is -0.291. The fraction of sp³-hybridized carbons (Fsp3) is 0.455. The molecule has 0 heterocycles. The van der Waals surface area contributed by atoms with Gasteiger partial charge in [0.25, 0.3) is 0 Å². The van der Waals surface area contributed by atoms with Gasteiger partial charge in [-0.2, -0.15) is 0 Å². The Kier molecular flexibility index (Phi) is 2.95. The van der Waals surface area contributed by atoms with E-state index in [-0.39, 0.29) is 5.54 Å². The zero-order chi connectivity index (χ0) is 11.1. The molecule has 0 bridgehead atoms. The van der Waals surface area contributed by atoms with Crippen LogP contribution in [0.3, 0.4) is 0 Å². The van der Waals surface area contributed by atoms with Gasteiger partial charge in [-0.25, -0.2) is 0 Å². The van der Waals surface area contributed by atoms with Gasteiger partial charge in [0, 0.05) is 22.1 Å². The number of rotatable bonds is 1. The molecule has 0 aromatic heterocycles. The smallest absolute Gasteiger partial charge is 0.0455 e. The van der Waals surface area contributed by atoms with Crippen molar-refractivity contribution in [3.8, 4) is 0 Å². The van der Waals surface area contributed by atoms with Crippen LogP contribution in [0.25, 0.3) is 0 Å². The monoisotopic (exact) mass is 244 g/mol. The predicted octanol–water partition coefficient (Wildman–Crippen LogP) is 2.14. The van der Waals surface area contributed by atoms with Crippen molar-refractivity contribution in [1.82, 2.24) is 0 Å². The van der Waals surface area contributed by atoms with E-state index in [1.54, 1.807) is 6.07 Å². The van der Waals surface area contributed by atoms with Crippen molar-refractivity contribution in [1.29, 1.82) is 0 Å². The molecule has 1 unspecified atom stereocenters. The van der Waals surface area contributed by atoms with E-state index in [0.717, 1.165) is 29.8 Å². The summed E-state index contributed by atoms with van der Waals surface area (Å²) in [5, 5.41) is 1.41. The van der Waals surface area contributed by atoms with Crippen LogP contribution in [0, 0.1) is 0 Å². The van der Waals surface area contributed by atoms with E-state index >= 15 is 0 Å². The molecule has 82 valence electrons. The highest BCUT2D eigenvalue weighted by molar-refractivity contribution is 6.35. The van der Waals surface area contributed by atoms with Gasteiger partial charge < -0.3 is 11.5 Å². The molecule has 1 aliphatic rings. The molecule has 15 heavy (non-hydrogen) atoms. The number of hydrogen-bond acceptors (Lipinski definition) is 2. The molecule has 4 N–H and O–H groups in total. The second-order valence-corrected chi connectivity index (χ2v) is 5.11. The maximum atomic E-state index is 6.16. The summed E-state index contributed by atoms with van der Waals surface area (Å²) in [6.07, 6.45) is 2.54. The summed E-state index contributed by atoms with van der Waals surface area (Å²) < 4.78 is 0. The third-order valence-corrected chi connectivity index (χ3v) is 3.63. The quantitative estimate of drug-likeness (QED) is 0.796. The van der Waals surface area contributed by atoms with Gasteiger partial charge in [-0.1, -0.05) is 23.2 Å². The van der Waals surface area contributed by atoms with Crippen LogP contribution in [0.4, 0.5) is 0 Å². The number of halogens is 2. The number of hydrogen-bond donors (Lipinski definition) is 2. The van der Waals surface area contributed by atoms with Crippen molar-refractivity contribution < 1.29 is 0 Å². The fourth-order valence-electron chi connectivity index (χ4n) is 2.11. The molecule has 1 aromatic carbocycles. The Hall–Kier alpha value is -0.280. The highest BCUT2D eigenvalue weighted by Gasteiger charge is 2.30. The first-order valence-corrected chi connectivity index (χ1v) is 5.75. The summed E-state index contributed by atoms with van der Waals surface area (Å²) >= 11 is 12.1. The first kappa shape index (κ1) is 11.2. The fourth-order valence-corrected chi connectivity index (χ4v) is 2.74. The minimum absolute atomic E-state index is 0.291. The predicted molar refractivity (Wildman–Crippen MR) is 64.5 cm³/mol. The summed E-state index contributed by atoms with van der Waals surface area (Å²) in [5.74, 6) is 0. The Morgan fingerprint density at radius 3 is 2.73 bits per heavy atom. The molecule has 0 spiro atoms. The van der Waals surface area contributed by atoms with Gasteiger partial charge in [0.1, 0.15) is 0 Å². The summed E-state index contributed by atoms with van der Waals surface area (Å²) in [7, 11) is 0. The van der Waals surface area contributed by atoms with Crippen molar-refractivity contribution >= 4 is 23.2 Å². The maximum absolute atomic E-state index is 6.16. The van der Waals surface area contributed by atoms with Crippen molar-refractivity contribution in [2.24, 2.45) is 11.5 Å². The van der Waals surface area contributed by atoms with Gasteiger partial charge in [0.05, 0.1) is 0 Å². The number of nitrogens with two attached hydrogens (primary N) is 2. The molecule has 0 radical (unpaired) electrons. The lowest BCUT2D eigenvalue weighted by Gasteiger charge is -2.34. The molecule has 1 atom stereocenters. The van der Waals surface area contributed by atoms with E-state index in [1.165, 1.54) is 5.56 Å². The van der Waals surface area contributed by atoms with E-state index in [2.05, 4.69) is 0 Å². The van der Waals surface area contributed by atoms with E-state index < -0.39 is 0 Å². The maximum Gasteiger partial charge on any atom is 0.0455 e. The molecule has 4 heteroatoms. The minimum Gasteiger partial charge on any atom is -0.329 e. The van der Waals surface area contributed by atoms with Crippen molar-refractivity contribution in [2.45, 2.75) is 24.8 Å². The van der Waals surface area contributed by atoms with Gasteiger partial charge in [0.15, 0.2) is 0 Å². The lowest BCUT2D eigenvalue weighted by Crippen LogP contribution is -2.51. The highest BCUT2D eigenvalue weighted by Crippen LogP contribution is 2.33. The Labute approximate surface area is 99.5 Å². The first-order chi connectivity index (χ1) is 7.04. The van der Waals surface area contributed by atoms with Crippen LogP contribution in [-0.4, -0.2) is 12.1 Å². The lowest BCUT2D eigenvalue weighted by atomic mass is 9.79. The molecule has 0 amide bonds. The molecule has 0 aliphatic heterocycles. The van der Waals surface area contributed by atoms with E-state index in [1.807, 2.05) is 6.07 Å². The molecule has 1 aliphatic carbocycles. The summed E-state index contributed by atoms with van der Waals surface area (Å²) in [5.41, 5.74) is 13.9. The summed E-state index contributed by atoms with van der Waals surface area (Å²) in [4.78, 5) is 0. The van der Waals surface area contributed by atoms with Gasteiger partial charge in [-0.05, 0) is 42.5 Å². The van der Waals surface area contributed by atoms with Crippen molar-refractivity contribution in [3.63, 3.8) is 0 Å². The highest BCUT2D eigenvalue weighted by atomic mass is 35.5. The Balaban J connectivity index is 2.41. The standard InChI is InChI=1S/C11H14Cl2N2/c12-8-3-7-5-11(15,6-14)2-1-9(7)10(13)4-8/h3-4H,1-2,5-6,14-15H2. The summed E-state index contributed by atoms with van der Waals surface area (Å²) in [6, 6.07) is 3.73. The van der Waals surface area contributed by atoms with E-state index in [9.17, 15) is 0 Å². The Morgan fingerprint density at radius 2 is 2.07 bits per heavy atom. The SMILES string of the molecule is NCC1(N)CCc2c(Cl)cc(Cl)cc2C1. The van der Waals surface area contributed by atoms with Crippen LogP contribution in [0.15, 0.2) is 12.1 Å². The number of benzene rings is 1. The number of fused-ring (bicyclic) bond motifs is 1. The van der Waals surface area contributed by atoms with E-state index in [0.29, 0.717) is 11.6 Å². The Bertz CT molecular complexity index is 392. The van der Waals surface area contributed by atoms with Gasteiger partial charge in [-0.3, -0.25) is 0 Å². The van der Waals surface area contributed by atoms with Gasteiger partial charge >= 0.3 is 0 Å². The molecular formula is C11H14Cl2N2. The molecule has 0 saturated carbocycles. The molecule has 2 nitrogen and oxygen atoms in total. The molecule has 0 fully saturated rings. The second kappa shape index (κ2) is 3.95. The van der Waals surface area contributed by atoms with E-state index in [4.69, 9.17) is 34.7 Å². The molecule has 1 aromatic rings. The zero-order valence-electron chi connectivity index (χ0n) is 8.39. The van der Waals surface area contributed by atoms with Crippen LogP contribution in [0.2, 0.25) is 10.0 Å². The Morgan fingerprint density at radius 1 is 1.33 bits per heavy atom. The van der Waals surface area contributed by atoms with Crippen molar-refractivity contribution in [2.75, 3.05) is 6.54 Å². The summed E-state index contributed by atoms with van der Waals surface area (Å²) in [6.45, 7) is 0.497. The largest absolute Gasteiger partial charge is 0.329 e. The first-order valence-electron chi connectivity index (χ1n) is 5.00. The normalized spacial score (nSPS) is 25.1. The topological polar surface area (TPSA) is 52.0 Å². The van der Waals surface area contributed by atoms with Crippen LogP contribution >= 0.6 is 23.2 Å². The molecular weight excluding hydrogens is 231 g/mol. The molecule has 0 saturated heterocycles. The van der Waals surface area contributed by atoms with Crippen LogP contribution in [-0.2, 0) is 12.8 Å². The average molecular weight is 245 g/mol. The van der Waals surface area contributed by atoms with Crippen LogP contribution < -0.4 is 11.5 Å². The average Bonchev–Trinajstić information content (AvgIpc) is 2.16. The molecule has 2 rings (SSSR count). The second-order valence-electron chi connectivity index (χ2n) is 4.27. The third-order valence-electron chi connectivity index (χ3n) is 3.07. The third kappa shape index (κ3) is 2.13. The lowest BCUT2D eigenvalue weighted by molar-refractivity contribution is 0.382. The van der Waals surface area contributed by atoms with Gasteiger partial charge in [-0.15, -0.1) is 0 Å². The zero-order valence-corrected chi connectivity index (χ0v) is 9.91.